The zero-order valence-corrected chi connectivity index (χ0v) is 29.1. The normalized spacial score (nSPS) is 20.3. The SMILES string of the molecule is CCCCCCCCCCCCCCCCOC(CO)COC1C(=O)C(=O)O[C@]1(CC(O)COCCCCCCCC)[C@@H](O)CO. The van der Waals surface area contributed by atoms with E-state index in [4.69, 9.17) is 18.9 Å². The molecule has 1 aliphatic rings. The summed E-state index contributed by atoms with van der Waals surface area (Å²) in [5.41, 5.74) is -1.99. The van der Waals surface area contributed by atoms with E-state index >= 15 is 0 Å². The van der Waals surface area contributed by atoms with Gasteiger partial charge in [0.05, 0.1) is 32.5 Å². The lowest BCUT2D eigenvalue weighted by atomic mass is 9.84. The average molecular weight is 661 g/mol. The van der Waals surface area contributed by atoms with E-state index in [0.717, 1.165) is 38.5 Å². The van der Waals surface area contributed by atoms with Gasteiger partial charge in [-0.05, 0) is 12.8 Å². The Balaban J connectivity index is 2.39. The van der Waals surface area contributed by atoms with E-state index in [0.29, 0.717) is 13.2 Å². The predicted octanol–water partition coefficient (Wildman–Crippen LogP) is 5.58. The lowest BCUT2D eigenvalue weighted by molar-refractivity contribution is -0.192. The highest BCUT2D eigenvalue weighted by atomic mass is 16.6. The smallest absolute Gasteiger partial charge is 0.378 e. The fourth-order valence-corrected chi connectivity index (χ4v) is 6.04. The average Bonchev–Trinajstić information content (AvgIpc) is 3.29. The van der Waals surface area contributed by atoms with Gasteiger partial charge >= 0.3 is 5.97 Å². The zero-order valence-electron chi connectivity index (χ0n) is 29.1. The highest BCUT2D eigenvalue weighted by molar-refractivity contribution is 6.37. The highest BCUT2D eigenvalue weighted by Gasteiger charge is 2.61. The first kappa shape index (κ1) is 42.9. The third-order valence-corrected chi connectivity index (χ3v) is 8.91. The number of hydrogen-bond donors (Lipinski definition) is 4. The van der Waals surface area contributed by atoms with Crippen LogP contribution in [-0.2, 0) is 28.5 Å². The van der Waals surface area contributed by atoms with Crippen molar-refractivity contribution in [2.24, 2.45) is 0 Å². The topological polar surface area (TPSA) is 152 Å². The van der Waals surface area contributed by atoms with Crippen LogP contribution in [0.15, 0.2) is 0 Å². The summed E-state index contributed by atoms with van der Waals surface area (Å²) in [6.45, 7) is 3.78. The van der Waals surface area contributed by atoms with Crippen LogP contribution in [0.4, 0.5) is 0 Å². The van der Waals surface area contributed by atoms with Crippen LogP contribution in [0.25, 0.3) is 0 Å². The minimum absolute atomic E-state index is 0.0884. The quantitative estimate of drug-likeness (QED) is 0.0399. The third kappa shape index (κ3) is 17.9. The number of unbranched alkanes of at least 4 members (excludes halogenated alkanes) is 18. The Morgan fingerprint density at radius 3 is 1.63 bits per heavy atom. The lowest BCUT2D eigenvalue weighted by Crippen LogP contribution is -2.56. The molecule has 5 atom stereocenters. The second kappa shape index (κ2) is 27.8. The molecule has 1 saturated heterocycles. The summed E-state index contributed by atoms with van der Waals surface area (Å²) in [4.78, 5) is 25.0. The number of cyclic esters (lactones) is 1. The molecule has 0 bridgehead atoms. The number of hydrogen-bond acceptors (Lipinski definition) is 10. The number of aliphatic hydroxyl groups is 4. The molecule has 0 amide bonds. The van der Waals surface area contributed by atoms with E-state index in [9.17, 15) is 30.0 Å². The Labute approximate surface area is 278 Å². The largest absolute Gasteiger partial charge is 0.447 e. The van der Waals surface area contributed by atoms with Gasteiger partial charge in [-0.25, -0.2) is 4.79 Å². The third-order valence-electron chi connectivity index (χ3n) is 8.91. The fraction of sp³-hybridized carbons (Fsp3) is 0.944. The molecule has 1 heterocycles. The van der Waals surface area contributed by atoms with Crippen LogP contribution in [0, 0.1) is 0 Å². The van der Waals surface area contributed by atoms with Crippen LogP contribution in [0.2, 0.25) is 0 Å². The van der Waals surface area contributed by atoms with E-state index in [1.807, 2.05) is 0 Å². The van der Waals surface area contributed by atoms with Crippen molar-refractivity contribution < 1.29 is 49.0 Å². The summed E-state index contributed by atoms with van der Waals surface area (Å²) < 4.78 is 22.4. The van der Waals surface area contributed by atoms with Gasteiger partial charge in [0.2, 0.25) is 0 Å². The van der Waals surface area contributed by atoms with Crippen molar-refractivity contribution in [1.29, 1.82) is 0 Å². The molecular weight excluding hydrogens is 592 g/mol. The molecule has 10 nitrogen and oxygen atoms in total. The molecule has 0 saturated carbocycles. The number of ether oxygens (including phenoxy) is 4. The van der Waals surface area contributed by atoms with E-state index in [-0.39, 0.29) is 26.2 Å². The Hall–Kier alpha value is -1.14. The molecule has 10 heteroatoms. The van der Waals surface area contributed by atoms with Crippen molar-refractivity contribution >= 4 is 11.8 Å². The van der Waals surface area contributed by atoms with Crippen LogP contribution in [0.1, 0.15) is 149 Å². The summed E-state index contributed by atoms with van der Waals surface area (Å²) in [7, 11) is 0. The van der Waals surface area contributed by atoms with Gasteiger partial charge < -0.3 is 39.4 Å². The first-order valence-corrected chi connectivity index (χ1v) is 18.5. The Bertz CT molecular complexity index is 750. The van der Waals surface area contributed by atoms with Gasteiger partial charge in [-0.3, -0.25) is 4.79 Å². The molecular formula is C36H68O10. The van der Waals surface area contributed by atoms with Crippen LogP contribution in [0.3, 0.4) is 0 Å². The van der Waals surface area contributed by atoms with E-state index < -0.39 is 48.4 Å². The molecule has 46 heavy (non-hydrogen) atoms. The monoisotopic (exact) mass is 660 g/mol. The molecule has 0 aromatic rings. The molecule has 1 rings (SSSR count). The predicted molar refractivity (Wildman–Crippen MR) is 179 cm³/mol. The Morgan fingerprint density at radius 1 is 0.674 bits per heavy atom. The van der Waals surface area contributed by atoms with Gasteiger partial charge in [0.15, 0.2) is 11.7 Å². The second-order valence-electron chi connectivity index (χ2n) is 13.1. The number of rotatable bonds is 33. The van der Waals surface area contributed by atoms with Gasteiger partial charge in [-0.2, -0.15) is 0 Å². The van der Waals surface area contributed by atoms with Gasteiger partial charge in [0, 0.05) is 19.6 Å². The van der Waals surface area contributed by atoms with Gasteiger partial charge in [0.1, 0.15) is 12.2 Å². The first-order chi connectivity index (χ1) is 22.4. The molecule has 0 radical (unpaired) electrons. The van der Waals surface area contributed by atoms with Crippen molar-refractivity contribution in [3.05, 3.63) is 0 Å². The van der Waals surface area contributed by atoms with Crippen LogP contribution in [0.5, 0.6) is 0 Å². The van der Waals surface area contributed by atoms with Gasteiger partial charge in [0.25, 0.3) is 5.78 Å². The lowest BCUT2D eigenvalue weighted by Gasteiger charge is -2.37. The van der Waals surface area contributed by atoms with Crippen molar-refractivity contribution in [3.63, 3.8) is 0 Å². The molecule has 0 spiro atoms. The molecule has 4 N–H and O–H groups in total. The Morgan fingerprint density at radius 2 is 1.15 bits per heavy atom. The second-order valence-corrected chi connectivity index (χ2v) is 13.1. The number of ketones is 1. The van der Waals surface area contributed by atoms with Crippen molar-refractivity contribution in [1.82, 2.24) is 0 Å². The summed E-state index contributed by atoms with van der Waals surface area (Å²) in [6.07, 6.45) is 18.5. The van der Waals surface area contributed by atoms with E-state index in [1.54, 1.807) is 0 Å². The highest BCUT2D eigenvalue weighted by Crippen LogP contribution is 2.36. The van der Waals surface area contributed by atoms with Crippen LogP contribution in [-0.4, -0.2) is 102 Å². The van der Waals surface area contributed by atoms with E-state index in [2.05, 4.69) is 13.8 Å². The molecule has 1 aliphatic heterocycles. The maximum atomic E-state index is 12.7. The standard InChI is InChI=1S/C36H68O10/c1-3-5-7-9-11-12-13-14-15-16-17-18-20-22-24-44-31(26-37)29-45-34-33(41)35(42)46-36(34,32(40)27-38)25-30(39)28-43-23-21-19-10-8-6-4-2/h30-32,34,37-40H,3-29H2,1-2H3/t30?,31?,32-,34?,36+/m0/s1. The maximum absolute atomic E-state index is 12.7. The molecule has 272 valence electrons. The summed E-state index contributed by atoms with van der Waals surface area (Å²) in [5, 5.41) is 40.9. The number of esters is 1. The summed E-state index contributed by atoms with van der Waals surface area (Å²) in [5.74, 6) is -2.22. The number of Topliss-reactive ketones (excluding diaryl/α,β-unsaturated/α-hetero) is 1. The molecule has 1 fully saturated rings. The number of carbonyl (C=O) groups is 2. The van der Waals surface area contributed by atoms with Gasteiger partial charge in [-0.15, -0.1) is 0 Å². The van der Waals surface area contributed by atoms with Crippen molar-refractivity contribution in [3.8, 4) is 0 Å². The Kier molecular flexibility index (Phi) is 25.9. The van der Waals surface area contributed by atoms with Crippen LogP contribution < -0.4 is 0 Å². The minimum Gasteiger partial charge on any atom is -0.447 e. The maximum Gasteiger partial charge on any atom is 0.378 e. The van der Waals surface area contributed by atoms with Gasteiger partial charge in [-0.1, -0.05) is 129 Å². The molecule has 0 aromatic carbocycles. The summed E-state index contributed by atoms with van der Waals surface area (Å²) in [6, 6.07) is 0. The molecule has 0 aliphatic carbocycles. The number of carbonyl (C=O) groups excluding carboxylic acids is 2. The minimum atomic E-state index is -1.99. The molecule has 0 aromatic heterocycles. The number of aliphatic hydroxyl groups excluding tert-OH is 4. The van der Waals surface area contributed by atoms with E-state index in [1.165, 1.54) is 89.9 Å². The first-order valence-electron chi connectivity index (χ1n) is 18.5. The molecule has 3 unspecified atom stereocenters. The summed E-state index contributed by atoms with van der Waals surface area (Å²) >= 11 is 0. The van der Waals surface area contributed by atoms with Crippen molar-refractivity contribution in [2.45, 2.75) is 179 Å². The zero-order chi connectivity index (χ0) is 33.9. The van der Waals surface area contributed by atoms with Crippen LogP contribution >= 0.6 is 0 Å². The fourth-order valence-electron chi connectivity index (χ4n) is 6.04. The van der Waals surface area contributed by atoms with Crippen molar-refractivity contribution in [2.75, 3.05) is 39.6 Å².